The van der Waals surface area contributed by atoms with E-state index in [1.54, 1.807) is 13.0 Å². The minimum absolute atomic E-state index is 0.213. The first-order chi connectivity index (χ1) is 9.80. The molecule has 1 aromatic heterocycles. The second-order valence-corrected chi connectivity index (χ2v) is 4.40. The monoisotopic (exact) mass is 298 g/mol. The molecule has 0 aliphatic carbocycles. The summed E-state index contributed by atoms with van der Waals surface area (Å²) in [5.74, 6) is -0.298. The Morgan fingerprint density at radius 2 is 1.95 bits per heavy atom. The molecule has 0 saturated carbocycles. The van der Waals surface area contributed by atoms with Crippen molar-refractivity contribution in [2.45, 2.75) is 19.9 Å². The summed E-state index contributed by atoms with van der Waals surface area (Å²) in [6, 6.07) is 7.00. The molecule has 0 bridgehead atoms. The molecule has 1 aromatic carbocycles. The molecule has 2 rings (SSSR count). The quantitative estimate of drug-likeness (QED) is 0.940. The van der Waals surface area contributed by atoms with Crippen molar-refractivity contribution in [1.82, 2.24) is 9.78 Å². The molecular weight excluding hydrogens is 285 g/mol. The number of aliphatic hydroxyl groups excluding tert-OH is 1. The summed E-state index contributed by atoms with van der Waals surface area (Å²) in [6.07, 6.45) is -4.72. The molecule has 0 radical (unpaired) electrons. The van der Waals surface area contributed by atoms with Gasteiger partial charge in [0.05, 0.1) is 18.0 Å². The van der Waals surface area contributed by atoms with Crippen LogP contribution in [-0.4, -0.2) is 21.2 Å². The normalized spacial score (nSPS) is 11.5. The zero-order valence-corrected chi connectivity index (χ0v) is 11.2. The van der Waals surface area contributed by atoms with E-state index < -0.39 is 6.36 Å². The van der Waals surface area contributed by atoms with Gasteiger partial charge in [-0.3, -0.25) is 0 Å². The number of hydrogen-bond acceptors (Lipinski definition) is 3. The Hall–Kier alpha value is -2.28. The second-order valence-electron chi connectivity index (χ2n) is 4.40. The Morgan fingerprint density at radius 3 is 2.38 bits per heavy atom. The van der Waals surface area contributed by atoms with Crippen LogP contribution in [0.25, 0.3) is 17.0 Å². The first-order valence-corrected chi connectivity index (χ1v) is 6.02. The van der Waals surface area contributed by atoms with Crippen molar-refractivity contribution in [3.63, 3.8) is 0 Å². The van der Waals surface area contributed by atoms with Crippen LogP contribution >= 0.6 is 0 Å². The fourth-order valence-electron chi connectivity index (χ4n) is 1.83. The molecule has 2 aromatic rings. The molecule has 0 atom stereocenters. The molecule has 1 N–H and O–H groups in total. The van der Waals surface area contributed by atoms with E-state index in [9.17, 15) is 18.3 Å². The Balaban J connectivity index is 2.29. The van der Waals surface area contributed by atoms with Crippen LogP contribution in [-0.2, 0) is 6.61 Å². The summed E-state index contributed by atoms with van der Waals surface area (Å²) in [5.41, 5.74) is 2.32. The van der Waals surface area contributed by atoms with Gasteiger partial charge in [0.15, 0.2) is 0 Å². The van der Waals surface area contributed by atoms with Gasteiger partial charge >= 0.3 is 6.36 Å². The number of ether oxygens (including phenoxy) is 1. The molecule has 21 heavy (non-hydrogen) atoms. The lowest BCUT2D eigenvalue weighted by atomic mass is 10.1. The van der Waals surface area contributed by atoms with Crippen molar-refractivity contribution in [3.05, 3.63) is 42.6 Å². The van der Waals surface area contributed by atoms with Crippen LogP contribution in [0.5, 0.6) is 5.75 Å². The molecule has 7 heteroatoms. The molecule has 0 fully saturated rings. The largest absolute Gasteiger partial charge is 0.573 e. The Bertz CT molecular complexity index is 645. The first kappa shape index (κ1) is 15.1. The highest BCUT2D eigenvalue weighted by molar-refractivity contribution is 5.61. The standard InChI is InChI=1S/C14H13F3N2O2/c1-9(2)19-11(8-20)7-13(18-19)10-3-5-12(6-4-10)21-14(15,16)17/h3-7,20H,1,8H2,2H3. The van der Waals surface area contributed by atoms with E-state index >= 15 is 0 Å². The summed E-state index contributed by atoms with van der Waals surface area (Å²) in [7, 11) is 0. The average Bonchev–Trinajstić information content (AvgIpc) is 2.82. The fraction of sp³-hybridized carbons (Fsp3) is 0.214. The van der Waals surface area contributed by atoms with E-state index in [0.717, 1.165) is 0 Å². The van der Waals surface area contributed by atoms with E-state index in [1.807, 2.05) is 0 Å². The van der Waals surface area contributed by atoms with Gasteiger partial charge in [-0.15, -0.1) is 13.2 Å². The van der Waals surface area contributed by atoms with Gasteiger partial charge in [-0.25, -0.2) is 4.68 Å². The predicted molar refractivity (Wildman–Crippen MR) is 71.3 cm³/mol. The zero-order chi connectivity index (χ0) is 15.6. The predicted octanol–water partition coefficient (Wildman–Crippen LogP) is 3.43. The smallest absolute Gasteiger partial charge is 0.406 e. The van der Waals surface area contributed by atoms with E-state index in [2.05, 4.69) is 16.4 Å². The molecule has 112 valence electrons. The second kappa shape index (κ2) is 5.61. The molecule has 0 aliphatic rings. The third-order valence-corrected chi connectivity index (χ3v) is 2.69. The van der Waals surface area contributed by atoms with Gasteiger partial charge in [0, 0.05) is 11.3 Å². The highest BCUT2D eigenvalue weighted by Gasteiger charge is 2.31. The summed E-state index contributed by atoms with van der Waals surface area (Å²) in [4.78, 5) is 0. The van der Waals surface area contributed by atoms with Gasteiger partial charge in [0.2, 0.25) is 0 Å². The van der Waals surface area contributed by atoms with E-state index in [-0.39, 0.29) is 12.4 Å². The Kier molecular flexibility index (Phi) is 4.04. The number of nitrogens with zero attached hydrogens (tertiary/aromatic N) is 2. The van der Waals surface area contributed by atoms with Crippen LogP contribution in [0.3, 0.4) is 0 Å². The maximum absolute atomic E-state index is 12.1. The van der Waals surface area contributed by atoms with Gasteiger partial charge in [-0.05, 0) is 37.3 Å². The number of alkyl halides is 3. The van der Waals surface area contributed by atoms with Crippen molar-refractivity contribution >= 4 is 5.70 Å². The van der Waals surface area contributed by atoms with Crippen molar-refractivity contribution < 1.29 is 23.0 Å². The Morgan fingerprint density at radius 1 is 1.33 bits per heavy atom. The van der Waals surface area contributed by atoms with E-state index in [1.165, 1.54) is 28.9 Å². The fourth-order valence-corrected chi connectivity index (χ4v) is 1.83. The van der Waals surface area contributed by atoms with Crippen LogP contribution in [0.1, 0.15) is 12.6 Å². The Labute approximate surface area is 119 Å². The first-order valence-electron chi connectivity index (χ1n) is 6.02. The number of rotatable bonds is 4. The lowest BCUT2D eigenvalue weighted by Crippen LogP contribution is -2.16. The average molecular weight is 298 g/mol. The minimum Gasteiger partial charge on any atom is -0.406 e. The van der Waals surface area contributed by atoms with Crippen LogP contribution < -0.4 is 4.74 Å². The van der Waals surface area contributed by atoms with Crippen molar-refractivity contribution in [2.75, 3.05) is 0 Å². The molecule has 0 spiro atoms. The molecule has 0 saturated heterocycles. The number of aliphatic hydroxyl groups is 1. The van der Waals surface area contributed by atoms with Crippen LogP contribution in [0.2, 0.25) is 0 Å². The van der Waals surface area contributed by atoms with Crippen molar-refractivity contribution in [1.29, 1.82) is 0 Å². The molecular formula is C14H13F3N2O2. The van der Waals surface area contributed by atoms with E-state index in [4.69, 9.17) is 0 Å². The topological polar surface area (TPSA) is 47.3 Å². The van der Waals surface area contributed by atoms with Crippen molar-refractivity contribution in [3.8, 4) is 17.0 Å². The van der Waals surface area contributed by atoms with Gasteiger partial charge in [-0.2, -0.15) is 5.10 Å². The summed E-state index contributed by atoms with van der Waals surface area (Å²) < 4.78 is 41.5. The van der Waals surface area contributed by atoms with E-state index in [0.29, 0.717) is 22.6 Å². The molecule has 0 unspecified atom stereocenters. The lowest BCUT2D eigenvalue weighted by molar-refractivity contribution is -0.274. The highest BCUT2D eigenvalue weighted by Crippen LogP contribution is 2.26. The number of halogens is 3. The van der Waals surface area contributed by atoms with Gasteiger partial charge < -0.3 is 9.84 Å². The molecule has 0 amide bonds. The maximum atomic E-state index is 12.1. The summed E-state index contributed by atoms with van der Waals surface area (Å²) in [6.45, 7) is 5.26. The number of hydrogen-bond donors (Lipinski definition) is 1. The van der Waals surface area contributed by atoms with Crippen LogP contribution in [0.15, 0.2) is 36.9 Å². The number of aromatic nitrogens is 2. The molecule has 0 aliphatic heterocycles. The maximum Gasteiger partial charge on any atom is 0.573 e. The molecule has 4 nitrogen and oxygen atoms in total. The lowest BCUT2D eigenvalue weighted by Gasteiger charge is -2.08. The molecule has 1 heterocycles. The third kappa shape index (κ3) is 3.63. The number of allylic oxidation sites excluding steroid dienone is 1. The zero-order valence-electron chi connectivity index (χ0n) is 11.2. The van der Waals surface area contributed by atoms with Gasteiger partial charge in [0.1, 0.15) is 5.75 Å². The van der Waals surface area contributed by atoms with Crippen molar-refractivity contribution in [2.24, 2.45) is 0 Å². The summed E-state index contributed by atoms with van der Waals surface area (Å²) in [5, 5.41) is 13.5. The third-order valence-electron chi connectivity index (χ3n) is 2.69. The van der Waals surface area contributed by atoms with Crippen LogP contribution in [0.4, 0.5) is 13.2 Å². The minimum atomic E-state index is -4.72. The highest BCUT2D eigenvalue weighted by atomic mass is 19.4. The number of benzene rings is 1. The SMILES string of the molecule is C=C(C)n1nc(-c2ccc(OC(F)(F)F)cc2)cc1CO. The van der Waals surface area contributed by atoms with Gasteiger partial charge in [-0.1, -0.05) is 6.58 Å². The summed E-state index contributed by atoms with van der Waals surface area (Å²) >= 11 is 0. The van der Waals surface area contributed by atoms with Crippen LogP contribution in [0, 0.1) is 0 Å². The van der Waals surface area contributed by atoms with Gasteiger partial charge in [0.25, 0.3) is 0 Å².